The fraction of sp³-hybridized carbons (Fsp3) is 0. The van der Waals surface area contributed by atoms with Crippen molar-refractivity contribution in [2.45, 2.75) is 0 Å². The molecule has 0 atom stereocenters. The number of anilines is 1. The standard InChI is InChI=1S/C12H8BrF2N/c13-7-4-5-10(14)9(6-7)8-2-1-3-11(15)12(8)16/h1-6H,16H2. The molecule has 2 aromatic carbocycles. The lowest BCUT2D eigenvalue weighted by Gasteiger charge is -2.08. The molecule has 0 spiro atoms. The van der Waals surface area contributed by atoms with Gasteiger partial charge < -0.3 is 5.73 Å². The van der Waals surface area contributed by atoms with Crippen molar-refractivity contribution in [1.29, 1.82) is 0 Å². The van der Waals surface area contributed by atoms with Crippen LogP contribution >= 0.6 is 15.9 Å². The van der Waals surface area contributed by atoms with E-state index in [9.17, 15) is 8.78 Å². The van der Waals surface area contributed by atoms with Crippen LogP contribution in [0.4, 0.5) is 14.5 Å². The van der Waals surface area contributed by atoms with E-state index >= 15 is 0 Å². The summed E-state index contributed by atoms with van der Waals surface area (Å²) in [6.07, 6.45) is 0. The number of halogens is 3. The van der Waals surface area contributed by atoms with Gasteiger partial charge in [0.1, 0.15) is 11.6 Å². The number of nitrogen functional groups attached to an aromatic ring is 1. The van der Waals surface area contributed by atoms with Crippen molar-refractivity contribution >= 4 is 21.6 Å². The Bertz CT molecular complexity index is 541. The second-order valence-electron chi connectivity index (χ2n) is 3.33. The Balaban J connectivity index is 2.67. The van der Waals surface area contributed by atoms with E-state index in [1.807, 2.05) is 0 Å². The van der Waals surface area contributed by atoms with Crippen LogP contribution in [0.2, 0.25) is 0 Å². The first-order valence-corrected chi connectivity index (χ1v) is 5.38. The summed E-state index contributed by atoms with van der Waals surface area (Å²) < 4.78 is 27.5. The quantitative estimate of drug-likeness (QED) is 0.788. The monoisotopic (exact) mass is 283 g/mol. The molecule has 0 saturated carbocycles. The van der Waals surface area contributed by atoms with Crippen LogP contribution in [0.1, 0.15) is 0 Å². The predicted octanol–water partition coefficient (Wildman–Crippen LogP) is 3.98. The zero-order chi connectivity index (χ0) is 11.7. The molecule has 0 fully saturated rings. The minimum atomic E-state index is -0.545. The van der Waals surface area contributed by atoms with Gasteiger partial charge in [-0.3, -0.25) is 0 Å². The van der Waals surface area contributed by atoms with Crippen LogP contribution in [-0.4, -0.2) is 0 Å². The second-order valence-corrected chi connectivity index (χ2v) is 4.24. The first kappa shape index (κ1) is 11.1. The van der Waals surface area contributed by atoms with Crippen molar-refractivity contribution in [1.82, 2.24) is 0 Å². The van der Waals surface area contributed by atoms with Gasteiger partial charge in [0.15, 0.2) is 0 Å². The molecule has 2 rings (SSSR count). The number of hydrogen-bond acceptors (Lipinski definition) is 1. The molecule has 0 saturated heterocycles. The molecule has 1 nitrogen and oxygen atoms in total. The molecule has 82 valence electrons. The molecule has 0 aromatic heterocycles. The third-order valence-electron chi connectivity index (χ3n) is 2.27. The molecule has 0 heterocycles. The van der Waals surface area contributed by atoms with E-state index in [1.54, 1.807) is 18.2 Å². The minimum absolute atomic E-state index is 0.0421. The third kappa shape index (κ3) is 1.93. The smallest absolute Gasteiger partial charge is 0.146 e. The van der Waals surface area contributed by atoms with Crippen LogP contribution in [0.15, 0.2) is 40.9 Å². The number of benzene rings is 2. The molecular formula is C12H8BrF2N. The van der Waals surface area contributed by atoms with Crippen LogP contribution in [-0.2, 0) is 0 Å². The highest BCUT2D eigenvalue weighted by molar-refractivity contribution is 9.10. The SMILES string of the molecule is Nc1c(F)cccc1-c1cc(Br)ccc1F. The highest BCUT2D eigenvalue weighted by atomic mass is 79.9. The van der Waals surface area contributed by atoms with E-state index in [4.69, 9.17) is 5.73 Å². The summed E-state index contributed by atoms with van der Waals surface area (Å²) in [6, 6.07) is 8.79. The molecule has 0 aliphatic carbocycles. The van der Waals surface area contributed by atoms with E-state index < -0.39 is 11.6 Å². The molecule has 4 heteroatoms. The summed E-state index contributed by atoms with van der Waals surface area (Å²) in [6.45, 7) is 0. The Morgan fingerprint density at radius 2 is 1.69 bits per heavy atom. The van der Waals surface area contributed by atoms with Crippen LogP contribution < -0.4 is 5.73 Å². The Hall–Kier alpha value is -1.42. The van der Waals surface area contributed by atoms with Crippen LogP contribution in [0, 0.1) is 11.6 Å². The Kier molecular flexibility index (Phi) is 2.92. The number of nitrogens with two attached hydrogens (primary N) is 1. The normalized spacial score (nSPS) is 10.4. The number of hydrogen-bond donors (Lipinski definition) is 1. The molecule has 0 amide bonds. The molecule has 2 aromatic rings. The summed E-state index contributed by atoms with van der Waals surface area (Å²) >= 11 is 3.24. The van der Waals surface area contributed by atoms with Gasteiger partial charge in [-0.2, -0.15) is 0 Å². The van der Waals surface area contributed by atoms with Crippen molar-refractivity contribution in [2.75, 3.05) is 5.73 Å². The average Bonchev–Trinajstić information content (AvgIpc) is 2.26. The minimum Gasteiger partial charge on any atom is -0.396 e. The highest BCUT2D eigenvalue weighted by Crippen LogP contribution is 2.31. The topological polar surface area (TPSA) is 26.0 Å². The number of rotatable bonds is 1. The van der Waals surface area contributed by atoms with Crippen molar-refractivity contribution in [3.63, 3.8) is 0 Å². The maximum absolute atomic E-state index is 13.6. The van der Waals surface area contributed by atoms with Gasteiger partial charge in [0.05, 0.1) is 5.69 Å². The van der Waals surface area contributed by atoms with Gasteiger partial charge in [0, 0.05) is 15.6 Å². The Morgan fingerprint density at radius 1 is 0.938 bits per heavy atom. The molecule has 0 radical (unpaired) electrons. The maximum atomic E-state index is 13.6. The van der Waals surface area contributed by atoms with Crippen LogP contribution in [0.5, 0.6) is 0 Å². The van der Waals surface area contributed by atoms with E-state index in [-0.39, 0.29) is 11.3 Å². The van der Waals surface area contributed by atoms with Crippen molar-refractivity contribution < 1.29 is 8.78 Å². The lowest BCUT2D eigenvalue weighted by atomic mass is 10.0. The molecule has 0 aliphatic rings. The molecule has 2 N–H and O–H groups in total. The van der Waals surface area contributed by atoms with Crippen LogP contribution in [0.3, 0.4) is 0 Å². The van der Waals surface area contributed by atoms with E-state index in [1.165, 1.54) is 18.2 Å². The second kappa shape index (κ2) is 4.22. The largest absolute Gasteiger partial charge is 0.396 e. The van der Waals surface area contributed by atoms with Crippen molar-refractivity contribution in [2.24, 2.45) is 0 Å². The molecule has 16 heavy (non-hydrogen) atoms. The Morgan fingerprint density at radius 3 is 2.44 bits per heavy atom. The number of para-hydroxylation sites is 1. The summed E-state index contributed by atoms with van der Waals surface area (Å²) in [7, 11) is 0. The molecule has 0 bridgehead atoms. The van der Waals surface area contributed by atoms with E-state index in [0.29, 0.717) is 10.0 Å². The maximum Gasteiger partial charge on any atom is 0.146 e. The van der Waals surface area contributed by atoms with Gasteiger partial charge in [-0.25, -0.2) is 8.78 Å². The van der Waals surface area contributed by atoms with E-state index in [0.717, 1.165) is 0 Å². The fourth-order valence-corrected chi connectivity index (χ4v) is 1.84. The predicted molar refractivity (Wildman–Crippen MR) is 63.9 cm³/mol. The lowest BCUT2D eigenvalue weighted by Crippen LogP contribution is -1.95. The molecule has 0 unspecified atom stereocenters. The van der Waals surface area contributed by atoms with E-state index in [2.05, 4.69) is 15.9 Å². The summed E-state index contributed by atoms with van der Waals surface area (Å²) in [5.74, 6) is -0.975. The van der Waals surface area contributed by atoms with Gasteiger partial charge in [0.2, 0.25) is 0 Å². The average molecular weight is 284 g/mol. The molecular weight excluding hydrogens is 276 g/mol. The van der Waals surface area contributed by atoms with Gasteiger partial charge in [-0.1, -0.05) is 28.1 Å². The third-order valence-corrected chi connectivity index (χ3v) is 2.76. The fourth-order valence-electron chi connectivity index (χ4n) is 1.48. The summed E-state index contributed by atoms with van der Waals surface area (Å²) in [5, 5.41) is 0. The molecule has 0 aliphatic heterocycles. The zero-order valence-electron chi connectivity index (χ0n) is 8.18. The summed E-state index contributed by atoms with van der Waals surface area (Å²) in [4.78, 5) is 0. The summed E-state index contributed by atoms with van der Waals surface area (Å²) in [5.41, 5.74) is 6.18. The van der Waals surface area contributed by atoms with Gasteiger partial charge in [-0.05, 0) is 24.3 Å². The van der Waals surface area contributed by atoms with Crippen LogP contribution in [0.25, 0.3) is 11.1 Å². The van der Waals surface area contributed by atoms with Gasteiger partial charge in [-0.15, -0.1) is 0 Å². The van der Waals surface area contributed by atoms with Crippen molar-refractivity contribution in [3.05, 3.63) is 52.5 Å². The first-order chi connectivity index (χ1) is 7.59. The zero-order valence-corrected chi connectivity index (χ0v) is 9.76. The highest BCUT2D eigenvalue weighted by Gasteiger charge is 2.11. The first-order valence-electron chi connectivity index (χ1n) is 4.59. The van der Waals surface area contributed by atoms with Gasteiger partial charge in [0.25, 0.3) is 0 Å². The van der Waals surface area contributed by atoms with Crippen molar-refractivity contribution in [3.8, 4) is 11.1 Å². The van der Waals surface area contributed by atoms with Gasteiger partial charge >= 0.3 is 0 Å². The Labute approximate surface area is 100 Å². The lowest BCUT2D eigenvalue weighted by molar-refractivity contribution is 0.627.